The summed E-state index contributed by atoms with van der Waals surface area (Å²) in [6.07, 6.45) is 0.818. The Labute approximate surface area is 194 Å². The Balaban J connectivity index is 1.66. The first-order valence-corrected chi connectivity index (χ1v) is 11.3. The summed E-state index contributed by atoms with van der Waals surface area (Å²) in [6.45, 7) is 0.975. The van der Waals surface area contributed by atoms with Crippen molar-refractivity contribution in [2.24, 2.45) is 4.99 Å². The summed E-state index contributed by atoms with van der Waals surface area (Å²) in [4.78, 5) is 17.8. The molecule has 0 fully saturated rings. The van der Waals surface area contributed by atoms with Gasteiger partial charge in [-0.2, -0.15) is 4.99 Å². The predicted molar refractivity (Wildman–Crippen MR) is 127 cm³/mol. The molecule has 1 heterocycles. The molecule has 0 spiro atoms. The highest BCUT2D eigenvalue weighted by molar-refractivity contribution is 7.16. The van der Waals surface area contributed by atoms with Crippen molar-refractivity contribution in [3.05, 3.63) is 98.3 Å². The summed E-state index contributed by atoms with van der Waals surface area (Å²) in [5, 5.41) is 0.913. The maximum absolute atomic E-state index is 12.9. The quantitative estimate of drug-likeness (QED) is 0.347. The van der Waals surface area contributed by atoms with Gasteiger partial charge in [0, 0.05) is 19.2 Å². The zero-order chi connectivity index (χ0) is 21.8. The molecule has 0 aliphatic carbocycles. The van der Waals surface area contributed by atoms with Gasteiger partial charge in [0.25, 0.3) is 5.91 Å². The summed E-state index contributed by atoms with van der Waals surface area (Å²) < 4.78 is 8.02. The van der Waals surface area contributed by atoms with E-state index in [-0.39, 0.29) is 5.91 Å². The minimum atomic E-state index is -0.300. The number of nitrogens with zero attached hydrogens (tertiary/aromatic N) is 2. The number of aromatic nitrogens is 1. The molecule has 0 aliphatic heterocycles. The molecular weight excluding hydrogens is 451 g/mol. The van der Waals surface area contributed by atoms with Crippen molar-refractivity contribution in [1.82, 2.24) is 4.57 Å². The van der Waals surface area contributed by atoms with Gasteiger partial charge in [-0.1, -0.05) is 77.0 Å². The molecule has 0 N–H and O–H groups in total. The van der Waals surface area contributed by atoms with Crippen LogP contribution in [0.5, 0.6) is 0 Å². The molecule has 0 unspecified atom stereocenters. The number of fused-ring (bicyclic) bond motifs is 1. The zero-order valence-corrected chi connectivity index (χ0v) is 19.2. The second-order valence-corrected chi connectivity index (χ2v) is 8.81. The molecule has 1 amide bonds. The highest BCUT2D eigenvalue weighted by Gasteiger charge is 2.14. The van der Waals surface area contributed by atoms with Crippen LogP contribution in [0.3, 0.4) is 0 Å². The Morgan fingerprint density at radius 3 is 2.42 bits per heavy atom. The first kappa shape index (κ1) is 21.8. The van der Waals surface area contributed by atoms with E-state index in [1.54, 1.807) is 13.2 Å². The molecule has 158 valence electrons. The fraction of sp³-hybridized carbons (Fsp3) is 0.167. The minimum absolute atomic E-state index is 0.300. The van der Waals surface area contributed by atoms with Crippen molar-refractivity contribution >= 4 is 50.7 Å². The number of ether oxygens (including phenoxy) is 1. The number of hydrogen-bond acceptors (Lipinski definition) is 3. The van der Waals surface area contributed by atoms with Crippen LogP contribution < -0.4 is 4.80 Å². The van der Waals surface area contributed by atoms with Crippen LogP contribution >= 0.6 is 34.5 Å². The van der Waals surface area contributed by atoms with Gasteiger partial charge in [0.15, 0.2) is 4.80 Å². The molecule has 3 aromatic carbocycles. The summed E-state index contributed by atoms with van der Waals surface area (Å²) in [6, 6.07) is 21.4. The fourth-order valence-corrected chi connectivity index (χ4v) is 4.86. The first-order chi connectivity index (χ1) is 15.1. The van der Waals surface area contributed by atoms with Crippen molar-refractivity contribution in [3.63, 3.8) is 0 Å². The van der Waals surface area contributed by atoms with Gasteiger partial charge < -0.3 is 9.30 Å². The monoisotopic (exact) mass is 470 g/mol. The van der Waals surface area contributed by atoms with Crippen LogP contribution in [0.1, 0.15) is 21.5 Å². The summed E-state index contributed by atoms with van der Waals surface area (Å²) in [5.74, 6) is -0.300. The third-order valence-corrected chi connectivity index (χ3v) is 6.74. The Morgan fingerprint density at radius 2 is 1.71 bits per heavy atom. The number of benzene rings is 3. The highest BCUT2D eigenvalue weighted by atomic mass is 35.5. The van der Waals surface area contributed by atoms with Gasteiger partial charge in [0.1, 0.15) is 0 Å². The topological polar surface area (TPSA) is 43.6 Å². The summed E-state index contributed by atoms with van der Waals surface area (Å²) in [5.41, 5.74) is 3.67. The van der Waals surface area contributed by atoms with Crippen LogP contribution in [0.25, 0.3) is 10.2 Å². The third-order valence-electron chi connectivity index (χ3n) is 4.90. The highest BCUT2D eigenvalue weighted by Crippen LogP contribution is 2.32. The molecule has 0 saturated heterocycles. The van der Waals surface area contributed by atoms with Gasteiger partial charge in [-0.25, -0.2) is 0 Å². The van der Waals surface area contributed by atoms with Crippen LogP contribution in [-0.4, -0.2) is 24.2 Å². The van der Waals surface area contributed by atoms with E-state index >= 15 is 0 Å². The van der Waals surface area contributed by atoms with Crippen LogP contribution in [0, 0.1) is 0 Å². The lowest BCUT2D eigenvalue weighted by molar-refractivity contribution is 0.0997. The van der Waals surface area contributed by atoms with Gasteiger partial charge in [-0.05, 0) is 41.8 Å². The average Bonchev–Trinajstić information content (AvgIpc) is 3.13. The predicted octanol–water partition coefficient (Wildman–Crippen LogP) is 5.99. The fourth-order valence-electron chi connectivity index (χ4n) is 3.33. The normalized spacial score (nSPS) is 11.9. The summed E-state index contributed by atoms with van der Waals surface area (Å²) in [7, 11) is 1.63. The lowest BCUT2D eigenvalue weighted by Gasteiger charge is -2.06. The lowest BCUT2D eigenvalue weighted by atomic mass is 10.0. The van der Waals surface area contributed by atoms with E-state index in [2.05, 4.69) is 17.1 Å². The molecule has 0 radical (unpaired) electrons. The summed E-state index contributed by atoms with van der Waals surface area (Å²) >= 11 is 14.1. The number of halogens is 2. The Bertz CT molecular complexity index is 1280. The maximum Gasteiger partial charge on any atom is 0.279 e. The van der Waals surface area contributed by atoms with Crippen LogP contribution in [-0.2, 0) is 17.7 Å². The average molecular weight is 471 g/mol. The number of carbonyl (C=O) groups is 1. The van der Waals surface area contributed by atoms with Crippen molar-refractivity contribution in [3.8, 4) is 0 Å². The number of carbonyl (C=O) groups excluding carboxylic acids is 1. The standard InChI is InChI=1S/C24H20Cl2N2O2S/c1-30-14-13-28-22-20(12-11-19(25)21(22)26)31-24(28)27-23(29)18-9-7-17(8-10-18)15-16-5-3-2-4-6-16/h2-12H,13-15H2,1H3. The Hall–Kier alpha value is -2.44. The van der Waals surface area contributed by atoms with Crippen molar-refractivity contribution in [2.45, 2.75) is 13.0 Å². The van der Waals surface area contributed by atoms with E-state index in [1.165, 1.54) is 16.9 Å². The van der Waals surface area contributed by atoms with Crippen LogP contribution in [0.15, 0.2) is 71.7 Å². The van der Waals surface area contributed by atoms with E-state index in [9.17, 15) is 4.79 Å². The van der Waals surface area contributed by atoms with Crippen LogP contribution in [0.4, 0.5) is 0 Å². The van der Waals surface area contributed by atoms with E-state index in [4.69, 9.17) is 27.9 Å². The van der Waals surface area contributed by atoms with Crippen LogP contribution in [0.2, 0.25) is 10.0 Å². The minimum Gasteiger partial charge on any atom is -0.383 e. The molecular formula is C24H20Cl2N2O2S. The second kappa shape index (κ2) is 9.79. The maximum atomic E-state index is 12.9. The van der Waals surface area contributed by atoms with Gasteiger partial charge >= 0.3 is 0 Å². The van der Waals surface area contributed by atoms with Gasteiger partial charge in [0.2, 0.25) is 0 Å². The number of thiazole rings is 1. The molecule has 4 aromatic rings. The zero-order valence-electron chi connectivity index (χ0n) is 16.8. The number of methoxy groups -OCH3 is 1. The molecule has 0 atom stereocenters. The van der Waals surface area contributed by atoms with E-state index < -0.39 is 0 Å². The molecule has 1 aromatic heterocycles. The molecule has 0 aliphatic rings. The molecule has 7 heteroatoms. The lowest BCUT2D eigenvalue weighted by Crippen LogP contribution is -2.19. The molecule has 4 rings (SSSR count). The van der Waals surface area contributed by atoms with Gasteiger partial charge in [-0.15, -0.1) is 0 Å². The van der Waals surface area contributed by atoms with E-state index in [0.717, 1.165) is 22.2 Å². The van der Waals surface area contributed by atoms with Crippen molar-refractivity contribution in [1.29, 1.82) is 0 Å². The molecule has 31 heavy (non-hydrogen) atoms. The van der Waals surface area contributed by atoms with Gasteiger partial charge in [-0.3, -0.25) is 4.79 Å². The SMILES string of the molecule is COCCn1c(=NC(=O)c2ccc(Cc3ccccc3)cc2)sc2ccc(Cl)c(Cl)c21. The van der Waals surface area contributed by atoms with Crippen molar-refractivity contribution < 1.29 is 9.53 Å². The first-order valence-electron chi connectivity index (χ1n) is 9.75. The van der Waals surface area contributed by atoms with Crippen molar-refractivity contribution in [2.75, 3.05) is 13.7 Å². The Morgan fingerprint density at radius 1 is 1.00 bits per heavy atom. The van der Waals surface area contributed by atoms with E-state index in [0.29, 0.717) is 33.6 Å². The number of hydrogen-bond donors (Lipinski definition) is 0. The molecule has 0 bridgehead atoms. The largest absolute Gasteiger partial charge is 0.383 e. The Kier molecular flexibility index (Phi) is 6.88. The number of amides is 1. The second-order valence-electron chi connectivity index (χ2n) is 7.01. The third kappa shape index (κ3) is 4.91. The molecule has 0 saturated carbocycles. The van der Waals surface area contributed by atoms with E-state index in [1.807, 2.05) is 53.1 Å². The smallest absolute Gasteiger partial charge is 0.279 e. The molecule has 4 nitrogen and oxygen atoms in total. The number of rotatable bonds is 6. The van der Waals surface area contributed by atoms with Gasteiger partial charge in [0.05, 0.1) is 26.9 Å².